The molecule has 22 heavy (non-hydrogen) atoms. The number of ether oxygens (including phenoxy) is 1. The minimum Gasteiger partial charge on any atom is -0.381 e. The van der Waals surface area contributed by atoms with E-state index in [0.717, 1.165) is 30.0 Å². The molecule has 1 aromatic carbocycles. The van der Waals surface area contributed by atoms with E-state index in [1.54, 1.807) is 0 Å². The summed E-state index contributed by atoms with van der Waals surface area (Å²) in [4.78, 5) is 4.45. The van der Waals surface area contributed by atoms with Crippen LogP contribution in [0.15, 0.2) is 34.9 Å². The molecule has 3 aromatic rings. The number of rotatable bonds is 3. The van der Waals surface area contributed by atoms with E-state index in [1.165, 1.54) is 5.56 Å². The standard InChI is InChI=1S/C16H16N4O2/c1-10-2-4-11(5-3-10)13-8-14(19-18-13)16-17-15(20-22-16)12-6-7-21-9-12/h2-5,8,12H,6-7,9H2,1H3,(H,18,19). The van der Waals surface area contributed by atoms with Gasteiger partial charge in [0.1, 0.15) is 5.69 Å². The molecule has 112 valence electrons. The Balaban J connectivity index is 1.59. The number of hydrogen-bond donors (Lipinski definition) is 1. The third-order valence-corrected chi connectivity index (χ3v) is 3.89. The van der Waals surface area contributed by atoms with E-state index in [-0.39, 0.29) is 5.92 Å². The normalized spacial score (nSPS) is 18.0. The fourth-order valence-electron chi connectivity index (χ4n) is 2.55. The highest BCUT2D eigenvalue weighted by Crippen LogP contribution is 2.27. The Morgan fingerprint density at radius 3 is 2.86 bits per heavy atom. The summed E-state index contributed by atoms with van der Waals surface area (Å²) in [7, 11) is 0. The number of benzene rings is 1. The van der Waals surface area contributed by atoms with E-state index in [2.05, 4.69) is 39.4 Å². The van der Waals surface area contributed by atoms with Crippen LogP contribution in [0.2, 0.25) is 0 Å². The molecule has 3 heterocycles. The van der Waals surface area contributed by atoms with Gasteiger partial charge in [-0.25, -0.2) is 0 Å². The second-order valence-corrected chi connectivity index (χ2v) is 5.55. The molecule has 1 aliphatic rings. The summed E-state index contributed by atoms with van der Waals surface area (Å²) in [6, 6.07) is 10.1. The van der Waals surface area contributed by atoms with Gasteiger partial charge in [-0.1, -0.05) is 35.0 Å². The molecule has 0 saturated carbocycles. The predicted molar refractivity (Wildman–Crippen MR) is 80.2 cm³/mol. The van der Waals surface area contributed by atoms with Gasteiger partial charge in [0.2, 0.25) is 0 Å². The summed E-state index contributed by atoms with van der Waals surface area (Å²) in [5.41, 5.74) is 3.86. The lowest BCUT2D eigenvalue weighted by Crippen LogP contribution is -1.99. The van der Waals surface area contributed by atoms with Crippen LogP contribution < -0.4 is 0 Å². The SMILES string of the molecule is Cc1ccc(-c2cc(-c3nc(C4CCOC4)no3)[nH]n2)cc1. The van der Waals surface area contributed by atoms with Gasteiger partial charge in [-0.15, -0.1) is 0 Å². The van der Waals surface area contributed by atoms with Crippen molar-refractivity contribution in [3.8, 4) is 22.8 Å². The minimum atomic E-state index is 0.233. The summed E-state index contributed by atoms with van der Waals surface area (Å²) in [5, 5.41) is 11.3. The summed E-state index contributed by atoms with van der Waals surface area (Å²) in [5.74, 6) is 1.41. The van der Waals surface area contributed by atoms with Crippen molar-refractivity contribution in [2.75, 3.05) is 13.2 Å². The molecule has 1 atom stereocenters. The molecule has 1 fully saturated rings. The van der Waals surface area contributed by atoms with Crippen LogP contribution in [0.1, 0.15) is 23.7 Å². The van der Waals surface area contributed by atoms with Crippen LogP contribution in [0.5, 0.6) is 0 Å². The number of H-pyrrole nitrogens is 1. The van der Waals surface area contributed by atoms with Crippen LogP contribution in [-0.4, -0.2) is 33.6 Å². The Morgan fingerprint density at radius 2 is 2.09 bits per heavy atom. The third-order valence-electron chi connectivity index (χ3n) is 3.89. The van der Waals surface area contributed by atoms with Gasteiger partial charge in [0.15, 0.2) is 5.82 Å². The van der Waals surface area contributed by atoms with Crippen molar-refractivity contribution in [1.82, 2.24) is 20.3 Å². The van der Waals surface area contributed by atoms with Crippen LogP contribution in [0.4, 0.5) is 0 Å². The summed E-state index contributed by atoms with van der Waals surface area (Å²) < 4.78 is 10.7. The molecule has 1 saturated heterocycles. The van der Waals surface area contributed by atoms with Crippen LogP contribution in [0.25, 0.3) is 22.8 Å². The van der Waals surface area contributed by atoms with Crippen molar-refractivity contribution in [3.05, 3.63) is 41.7 Å². The zero-order valence-electron chi connectivity index (χ0n) is 12.2. The van der Waals surface area contributed by atoms with Crippen molar-refractivity contribution in [2.24, 2.45) is 0 Å². The second-order valence-electron chi connectivity index (χ2n) is 5.55. The lowest BCUT2D eigenvalue weighted by atomic mass is 10.1. The average Bonchev–Trinajstić information content (AvgIpc) is 3.27. The van der Waals surface area contributed by atoms with E-state index >= 15 is 0 Å². The first-order chi connectivity index (χ1) is 10.8. The molecule has 0 amide bonds. The molecule has 1 unspecified atom stereocenters. The maximum Gasteiger partial charge on any atom is 0.275 e. The molecule has 1 aliphatic heterocycles. The number of aromatic amines is 1. The number of nitrogens with one attached hydrogen (secondary N) is 1. The first-order valence-corrected chi connectivity index (χ1v) is 7.34. The highest BCUT2D eigenvalue weighted by atomic mass is 16.5. The van der Waals surface area contributed by atoms with Crippen molar-refractivity contribution in [3.63, 3.8) is 0 Å². The topological polar surface area (TPSA) is 76.8 Å². The highest BCUT2D eigenvalue weighted by Gasteiger charge is 2.24. The van der Waals surface area contributed by atoms with Gasteiger partial charge in [-0.2, -0.15) is 10.1 Å². The van der Waals surface area contributed by atoms with E-state index in [9.17, 15) is 0 Å². The number of aromatic nitrogens is 4. The Morgan fingerprint density at radius 1 is 1.23 bits per heavy atom. The van der Waals surface area contributed by atoms with Crippen LogP contribution in [0, 0.1) is 6.92 Å². The van der Waals surface area contributed by atoms with Crippen molar-refractivity contribution < 1.29 is 9.26 Å². The summed E-state index contributed by atoms with van der Waals surface area (Å²) in [6.45, 7) is 3.49. The maximum absolute atomic E-state index is 5.36. The van der Waals surface area contributed by atoms with Crippen molar-refractivity contribution in [2.45, 2.75) is 19.3 Å². The lowest BCUT2D eigenvalue weighted by molar-refractivity contribution is 0.192. The zero-order valence-corrected chi connectivity index (χ0v) is 12.2. The van der Waals surface area contributed by atoms with Crippen LogP contribution >= 0.6 is 0 Å². The Hall–Kier alpha value is -2.47. The Labute approximate surface area is 127 Å². The molecule has 0 radical (unpaired) electrons. The van der Waals surface area contributed by atoms with E-state index in [4.69, 9.17) is 9.26 Å². The van der Waals surface area contributed by atoms with Crippen molar-refractivity contribution in [1.29, 1.82) is 0 Å². The number of hydrogen-bond acceptors (Lipinski definition) is 5. The fraction of sp³-hybridized carbons (Fsp3) is 0.312. The minimum absolute atomic E-state index is 0.233. The first-order valence-electron chi connectivity index (χ1n) is 7.34. The van der Waals surface area contributed by atoms with Crippen LogP contribution in [0.3, 0.4) is 0 Å². The van der Waals surface area contributed by atoms with Gasteiger partial charge in [-0.05, 0) is 19.4 Å². The van der Waals surface area contributed by atoms with Crippen LogP contribution in [-0.2, 0) is 4.74 Å². The molecule has 0 spiro atoms. The predicted octanol–water partition coefficient (Wildman–Crippen LogP) is 2.94. The molecule has 4 rings (SSSR count). The van der Waals surface area contributed by atoms with Gasteiger partial charge in [0.05, 0.1) is 12.3 Å². The molecular formula is C16H16N4O2. The highest BCUT2D eigenvalue weighted by molar-refractivity contribution is 5.64. The smallest absolute Gasteiger partial charge is 0.275 e. The summed E-state index contributed by atoms with van der Waals surface area (Å²) in [6.07, 6.45) is 0.941. The van der Waals surface area contributed by atoms with Crippen molar-refractivity contribution >= 4 is 0 Å². The quantitative estimate of drug-likeness (QED) is 0.804. The lowest BCUT2D eigenvalue weighted by Gasteiger charge is -1.97. The molecular weight excluding hydrogens is 280 g/mol. The molecule has 2 aromatic heterocycles. The molecule has 6 heteroatoms. The maximum atomic E-state index is 5.36. The zero-order chi connectivity index (χ0) is 14.9. The fourth-order valence-corrected chi connectivity index (χ4v) is 2.55. The monoisotopic (exact) mass is 296 g/mol. The summed E-state index contributed by atoms with van der Waals surface area (Å²) >= 11 is 0. The first kappa shape index (κ1) is 13.2. The van der Waals surface area contributed by atoms with E-state index in [1.807, 2.05) is 18.2 Å². The van der Waals surface area contributed by atoms with E-state index in [0.29, 0.717) is 18.3 Å². The second kappa shape index (κ2) is 5.38. The number of nitrogens with zero attached hydrogens (tertiary/aromatic N) is 3. The Bertz CT molecular complexity index is 770. The molecule has 0 aliphatic carbocycles. The van der Waals surface area contributed by atoms with E-state index < -0.39 is 0 Å². The average molecular weight is 296 g/mol. The van der Waals surface area contributed by atoms with Gasteiger partial charge in [0.25, 0.3) is 5.89 Å². The molecule has 6 nitrogen and oxygen atoms in total. The number of aryl methyl sites for hydroxylation is 1. The Kier molecular flexibility index (Phi) is 3.23. The molecule has 0 bridgehead atoms. The third kappa shape index (κ3) is 2.42. The van der Waals surface area contributed by atoms with Gasteiger partial charge in [-0.3, -0.25) is 5.10 Å². The van der Waals surface area contributed by atoms with Gasteiger partial charge < -0.3 is 9.26 Å². The largest absolute Gasteiger partial charge is 0.381 e. The van der Waals surface area contributed by atoms with Gasteiger partial charge >= 0.3 is 0 Å². The van der Waals surface area contributed by atoms with Gasteiger partial charge in [0, 0.05) is 18.1 Å². The molecule has 1 N–H and O–H groups in total.